The Kier molecular flexibility index (Phi) is 5.53. The Morgan fingerprint density at radius 2 is 1.52 bits per heavy atom. The minimum atomic E-state index is -0.828. The number of aliphatic hydroxyl groups is 1. The molecule has 0 radical (unpaired) electrons. The van der Waals surface area contributed by atoms with Crippen LogP contribution in [0.2, 0.25) is 15.1 Å². The Morgan fingerprint density at radius 1 is 1.00 bits per heavy atom. The Balaban J connectivity index is 2.48. The molecular weight excluding hydrogens is 329 g/mol. The van der Waals surface area contributed by atoms with E-state index in [4.69, 9.17) is 40.5 Å². The molecule has 5 heteroatoms. The average Bonchev–Trinajstić information content (AvgIpc) is 2.45. The maximum atomic E-state index is 10.7. The normalized spacial score (nSPS) is 14.0. The van der Waals surface area contributed by atoms with Crippen LogP contribution in [-0.4, -0.2) is 11.7 Å². The highest BCUT2D eigenvalue weighted by atomic mass is 35.5. The van der Waals surface area contributed by atoms with Gasteiger partial charge in [0.1, 0.15) is 0 Å². The Morgan fingerprint density at radius 3 is 2.10 bits per heavy atom. The number of nitrogens with two attached hydrogens (primary N) is 1. The van der Waals surface area contributed by atoms with Crippen molar-refractivity contribution in [3.05, 3.63) is 68.2 Å². The maximum absolute atomic E-state index is 10.7. The standard InChI is InChI=1S/C16H16Cl3NO/c1-9-10(4-2-5-12(9)17)16(21)11(8-20)15-13(18)6-3-7-14(15)19/h2-7,11,16,21H,8,20H2,1H3. The molecule has 0 amide bonds. The van der Waals surface area contributed by atoms with Gasteiger partial charge in [-0.15, -0.1) is 0 Å². The highest BCUT2D eigenvalue weighted by Gasteiger charge is 2.27. The summed E-state index contributed by atoms with van der Waals surface area (Å²) in [7, 11) is 0. The van der Waals surface area contributed by atoms with E-state index in [0.29, 0.717) is 20.6 Å². The first kappa shape index (κ1) is 16.6. The third-order valence-corrected chi connectivity index (χ3v) is 4.70. The van der Waals surface area contributed by atoms with Crippen LogP contribution in [0.4, 0.5) is 0 Å². The van der Waals surface area contributed by atoms with Gasteiger partial charge in [-0.05, 0) is 41.8 Å². The van der Waals surface area contributed by atoms with Gasteiger partial charge >= 0.3 is 0 Å². The van der Waals surface area contributed by atoms with Gasteiger partial charge in [0.05, 0.1) is 6.10 Å². The van der Waals surface area contributed by atoms with Gasteiger partial charge in [-0.2, -0.15) is 0 Å². The van der Waals surface area contributed by atoms with E-state index < -0.39 is 12.0 Å². The summed E-state index contributed by atoms with van der Waals surface area (Å²) in [5.74, 6) is -0.400. The zero-order valence-electron chi connectivity index (χ0n) is 11.5. The van der Waals surface area contributed by atoms with Gasteiger partial charge in [-0.25, -0.2) is 0 Å². The number of hydrogen-bond acceptors (Lipinski definition) is 2. The molecule has 0 bridgehead atoms. The second kappa shape index (κ2) is 6.99. The van der Waals surface area contributed by atoms with Crippen molar-refractivity contribution in [3.63, 3.8) is 0 Å². The SMILES string of the molecule is Cc1c(Cl)cccc1C(O)C(CN)c1c(Cl)cccc1Cl. The molecule has 0 saturated heterocycles. The van der Waals surface area contributed by atoms with Gasteiger partial charge in [-0.1, -0.05) is 53.0 Å². The Labute approximate surface area is 139 Å². The quantitative estimate of drug-likeness (QED) is 0.842. The fourth-order valence-corrected chi connectivity index (χ4v) is 3.29. The van der Waals surface area contributed by atoms with E-state index in [1.165, 1.54) is 0 Å². The fourth-order valence-electron chi connectivity index (χ4n) is 2.43. The summed E-state index contributed by atoms with van der Waals surface area (Å²) in [5.41, 5.74) is 8.08. The highest BCUT2D eigenvalue weighted by molar-refractivity contribution is 6.36. The van der Waals surface area contributed by atoms with E-state index in [0.717, 1.165) is 11.1 Å². The van der Waals surface area contributed by atoms with E-state index in [-0.39, 0.29) is 6.54 Å². The largest absolute Gasteiger partial charge is 0.388 e. The molecule has 0 heterocycles. The van der Waals surface area contributed by atoms with Crippen LogP contribution >= 0.6 is 34.8 Å². The molecule has 0 aliphatic rings. The lowest BCUT2D eigenvalue weighted by Gasteiger charge is -2.25. The Hall–Kier alpha value is -0.770. The molecule has 2 aromatic carbocycles. The molecule has 21 heavy (non-hydrogen) atoms. The van der Waals surface area contributed by atoms with E-state index in [1.54, 1.807) is 30.3 Å². The predicted molar refractivity (Wildman–Crippen MR) is 89.4 cm³/mol. The van der Waals surface area contributed by atoms with Crippen LogP contribution in [0.25, 0.3) is 0 Å². The summed E-state index contributed by atoms with van der Waals surface area (Å²) in [6, 6.07) is 10.7. The monoisotopic (exact) mass is 343 g/mol. The van der Waals surface area contributed by atoms with E-state index in [2.05, 4.69) is 0 Å². The molecule has 2 unspecified atom stereocenters. The van der Waals surface area contributed by atoms with E-state index in [9.17, 15) is 5.11 Å². The maximum Gasteiger partial charge on any atom is 0.0874 e. The molecule has 0 fully saturated rings. The van der Waals surface area contributed by atoms with Crippen molar-refractivity contribution in [2.24, 2.45) is 5.73 Å². The Bertz CT molecular complexity index is 625. The molecule has 0 aliphatic heterocycles. The summed E-state index contributed by atoms with van der Waals surface area (Å²) in [5, 5.41) is 12.3. The molecule has 2 rings (SSSR count). The summed E-state index contributed by atoms with van der Waals surface area (Å²) in [6.45, 7) is 2.08. The second-order valence-electron chi connectivity index (χ2n) is 4.88. The summed E-state index contributed by atoms with van der Waals surface area (Å²) >= 11 is 18.6. The number of hydrogen-bond donors (Lipinski definition) is 2. The molecule has 0 spiro atoms. The van der Waals surface area contributed by atoms with Gasteiger partial charge < -0.3 is 10.8 Å². The van der Waals surface area contributed by atoms with Gasteiger partial charge in [0.25, 0.3) is 0 Å². The average molecular weight is 345 g/mol. The van der Waals surface area contributed by atoms with Gasteiger partial charge in [0, 0.05) is 27.5 Å². The summed E-state index contributed by atoms with van der Waals surface area (Å²) in [4.78, 5) is 0. The lowest BCUT2D eigenvalue weighted by atomic mass is 9.87. The smallest absolute Gasteiger partial charge is 0.0874 e. The predicted octanol–water partition coefficient (Wildman–Crippen LogP) is 4.73. The van der Waals surface area contributed by atoms with Crippen LogP contribution in [0, 0.1) is 6.92 Å². The first-order valence-electron chi connectivity index (χ1n) is 6.54. The third-order valence-electron chi connectivity index (χ3n) is 3.63. The van der Waals surface area contributed by atoms with Crippen molar-refractivity contribution in [2.45, 2.75) is 18.9 Å². The van der Waals surface area contributed by atoms with Crippen LogP contribution in [0.15, 0.2) is 36.4 Å². The van der Waals surface area contributed by atoms with Crippen LogP contribution < -0.4 is 5.73 Å². The molecule has 2 nitrogen and oxygen atoms in total. The molecule has 2 aromatic rings. The first-order valence-corrected chi connectivity index (χ1v) is 7.67. The number of aliphatic hydroxyl groups excluding tert-OH is 1. The minimum absolute atomic E-state index is 0.219. The van der Waals surface area contributed by atoms with Crippen molar-refractivity contribution >= 4 is 34.8 Å². The van der Waals surface area contributed by atoms with E-state index >= 15 is 0 Å². The third kappa shape index (κ3) is 3.36. The van der Waals surface area contributed by atoms with Crippen LogP contribution in [0.5, 0.6) is 0 Å². The van der Waals surface area contributed by atoms with Gasteiger partial charge in [0.2, 0.25) is 0 Å². The first-order chi connectivity index (χ1) is 9.97. The topological polar surface area (TPSA) is 46.2 Å². The van der Waals surface area contributed by atoms with Crippen LogP contribution in [-0.2, 0) is 0 Å². The summed E-state index contributed by atoms with van der Waals surface area (Å²) in [6.07, 6.45) is -0.828. The molecule has 3 N–H and O–H groups in total. The highest BCUT2D eigenvalue weighted by Crippen LogP contribution is 2.39. The van der Waals surface area contributed by atoms with Crippen LogP contribution in [0.3, 0.4) is 0 Å². The molecule has 112 valence electrons. The van der Waals surface area contributed by atoms with Crippen molar-refractivity contribution in [2.75, 3.05) is 6.54 Å². The molecular formula is C16H16Cl3NO. The van der Waals surface area contributed by atoms with Crippen LogP contribution in [0.1, 0.15) is 28.7 Å². The molecule has 2 atom stereocenters. The number of benzene rings is 2. The van der Waals surface area contributed by atoms with Crippen molar-refractivity contribution in [3.8, 4) is 0 Å². The van der Waals surface area contributed by atoms with Crippen molar-refractivity contribution < 1.29 is 5.11 Å². The molecule has 0 aliphatic carbocycles. The van der Waals surface area contributed by atoms with E-state index in [1.807, 2.05) is 13.0 Å². The summed E-state index contributed by atoms with van der Waals surface area (Å²) < 4.78 is 0. The lowest BCUT2D eigenvalue weighted by Crippen LogP contribution is -2.21. The van der Waals surface area contributed by atoms with Crippen molar-refractivity contribution in [1.82, 2.24) is 0 Å². The minimum Gasteiger partial charge on any atom is -0.388 e. The second-order valence-corrected chi connectivity index (χ2v) is 6.10. The zero-order chi connectivity index (χ0) is 15.6. The molecule has 0 saturated carbocycles. The number of rotatable bonds is 4. The fraction of sp³-hybridized carbons (Fsp3) is 0.250. The lowest BCUT2D eigenvalue weighted by molar-refractivity contribution is 0.147. The van der Waals surface area contributed by atoms with Gasteiger partial charge in [-0.3, -0.25) is 0 Å². The zero-order valence-corrected chi connectivity index (χ0v) is 13.8. The van der Waals surface area contributed by atoms with Gasteiger partial charge in [0.15, 0.2) is 0 Å². The molecule has 0 aromatic heterocycles. The number of halogens is 3. The van der Waals surface area contributed by atoms with Crippen molar-refractivity contribution in [1.29, 1.82) is 0 Å².